The lowest BCUT2D eigenvalue weighted by Gasteiger charge is -2.13. The number of thioether (sulfide) groups is 1. The summed E-state index contributed by atoms with van der Waals surface area (Å²) in [7, 11) is 1.62. The van der Waals surface area contributed by atoms with E-state index in [0.29, 0.717) is 35.6 Å². The van der Waals surface area contributed by atoms with Gasteiger partial charge in [0.05, 0.1) is 10.3 Å². The van der Waals surface area contributed by atoms with E-state index in [1.54, 1.807) is 20.1 Å². The molecule has 30 heavy (non-hydrogen) atoms. The van der Waals surface area contributed by atoms with E-state index in [4.69, 9.17) is 16.3 Å². The Hall–Kier alpha value is -2.29. The minimum absolute atomic E-state index is 0.102. The summed E-state index contributed by atoms with van der Waals surface area (Å²) < 4.78 is 33.7. The molecule has 1 aromatic heterocycles. The van der Waals surface area contributed by atoms with Crippen LogP contribution in [-0.4, -0.2) is 39.5 Å². The molecule has 0 fully saturated rings. The van der Waals surface area contributed by atoms with Gasteiger partial charge in [0.2, 0.25) is 0 Å². The third-order valence-electron chi connectivity index (χ3n) is 4.42. The standard InChI is InChI=1S/C21H20ClF2N3O2S/c1-13(19(28)14-8-9-17(23)18(24)12-14)30-21-26-25-20(27(21)10-5-11-29-2)15-6-3-4-7-16(15)22/h3-4,6-9,12-13H,5,10-11H2,1-2H3. The minimum atomic E-state index is -1.05. The Bertz CT molecular complexity index is 1040. The topological polar surface area (TPSA) is 57.0 Å². The van der Waals surface area contributed by atoms with E-state index in [-0.39, 0.29) is 11.3 Å². The predicted octanol–water partition coefficient (Wildman–Crippen LogP) is 5.28. The molecule has 5 nitrogen and oxygen atoms in total. The number of benzene rings is 2. The van der Waals surface area contributed by atoms with Gasteiger partial charge in [0, 0.05) is 31.4 Å². The molecule has 0 amide bonds. The Labute approximate surface area is 182 Å². The van der Waals surface area contributed by atoms with Crippen LogP contribution in [0.2, 0.25) is 5.02 Å². The van der Waals surface area contributed by atoms with Crippen molar-refractivity contribution in [3.8, 4) is 11.4 Å². The number of rotatable bonds is 9. The molecule has 0 radical (unpaired) electrons. The van der Waals surface area contributed by atoms with Gasteiger partial charge >= 0.3 is 0 Å². The highest BCUT2D eigenvalue weighted by atomic mass is 35.5. The Balaban J connectivity index is 1.88. The molecule has 3 aromatic rings. The highest BCUT2D eigenvalue weighted by Gasteiger charge is 2.23. The summed E-state index contributed by atoms with van der Waals surface area (Å²) in [5, 5.41) is 9.02. The van der Waals surface area contributed by atoms with Gasteiger partial charge in [-0.1, -0.05) is 35.5 Å². The monoisotopic (exact) mass is 451 g/mol. The van der Waals surface area contributed by atoms with Crippen LogP contribution in [0.3, 0.4) is 0 Å². The third kappa shape index (κ3) is 5.06. The number of carbonyl (C=O) groups excluding carboxylic acids is 1. The maximum atomic E-state index is 13.5. The molecule has 0 bridgehead atoms. The fourth-order valence-electron chi connectivity index (χ4n) is 2.88. The third-order valence-corrected chi connectivity index (χ3v) is 5.83. The molecule has 0 spiro atoms. The van der Waals surface area contributed by atoms with Gasteiger partial charge in [-0.2, -0.15) is 0 Å². The molecule has 158 valence electrons. The van der Waals surface area contributed by atoms with E-state index in [0.717, 1.165) is 17.7 Å². The van der Waals surface area contributed by atoms with Crippen LogP contribution >= 0.6 is 23.4 Å². The molecule has 1 unspecified atom stereocenters. The van der Waals surface area contributed by atoms with Crippen molar-refractivity contribution in [2.45, 2.75) is 30.3 Å². The first-order chi connectivity index (χ1) is 14.4. The summed E-state index contributed by atoms with van der Waals surface area (Å²) in [5.74, 6) is -1.78. The van der Waals surface area contributed by atoms with Crippen LogP contribution in [0.5, 0.6) is 0 Å². The number of aromatic nitrogens is 3. The summed E-state index contributed by atoms with van der Waals surface area (Å²) in [6.07, 6.45) is 0.713. The summed E-state index contributed by atoms with van der Waals surface area (Å²) in [6.45, 7) is 2.81. The lowest BCUT2D eigenvalue weighted by atomic mass is 10.1. The molecule has 0 N–H and O–H groups in total. The second kappa shape index (κ2) is 10.1. The molecule has 0 aliphatic heterocycles. The average Bonchev–Trinajstić information content (AvgIpc) is 3.12. The van der Waals surface area contributed by atoms with E-state index in [1.165, 1.54) is 17.8 Å². The van der Waals surface area contributed by atoms with Gasteiger partial charge < -0.3 is 9.30 Å². The number of Topliss-reactive ketones (excluding diaryl/α,β-unsaturated/α-hetero) is 1. The van der Waals surface area contributed by atoms with Crippen LogP contribution in [0, 0.1) is 11.6 Å². The maximum absolute atomic E-state index is 13.5. The van der Waals surface area contributed by atoms with Gasteiger partial charge in [-0.15, -0.1) is 10.2 Å². The van der Waals surface area contributed by atoms with Crippen LogP contribution < -0.4 is 0 Å². The zero-order valence-corrected chi connectivity index (χ0v) is 18.0. The second-order valence-electron chi connectivity index (χ2n) is 6.54. The number of halogens is 3. The molecule has 2 aromatic carbocycles. The second-order valence-corrected chi connectivity index (χ2v) is 8.25. The number of nitrogens with zero attached hydrogens (tertiary/aromatic N) is 3. The lowest BCUT2D eigenvalue weighted by Crippen LogP contribution is -2.15. The van der Waals surface area contributed by atoms with Crippen LogP contribution in [-0.2, 0) is 11.3 Å². The van der Waals surface area contributed by atoms with Crippen molar-refractivity contribution in [2.75, 3.05) is 13.7 Å². The lowest BCUT2D eigenvalue weighted by molar-refractivity contribution is 0.0993. The minimum Gasteiger partial charge on any atom is -0.385 e. The van der Waals surface area contributed by atoms with Crippen LogP contribution in [0.25, 0.3) is 11.4 Å². The molecule has 9 heteroatoms. The van der Waals surface area contributed by atoms with Crippen molar-refractivity contribution in [3.63, 3.8) is 0 Å². The highest BCUT2D eigenvalue weighted by molar-refractivity contribution is 8.00. The van der Waals surface area contributed by atoms with Gasteiger partial charge in [0.25, 0.3) is 0 Å². The number of hydrogen-bond donors (Lipinski definition) is 0. The van der Waals surface area contributed by atoms with Gasteiger partial charge in [0.1, 0.15) is 0 Å². The van der Waals surface area contributed by atoms with Crippen LogP contribution in [0.15, 0.2) is 47.6 Å². The van der Waals surface area contributed by atoms with Crippen molar-refractivity contribution >= 4 is 29.1 Å². The summed E-state index contributed by atoms with van der Waals surface area (Å²) in [4.78, 5) is 12.7. The van der Waals surface area contributed by atoms with Gasteiger partial charge in [-0.05, 0) is 43.7 Å². The molecular formula is C21H20ClF2N3O2S. The Kier molecular flexibility index (Phi) is 7.58. The van der Waals surface area contributed by atoms with E-state index in [2.05, 4.69) is 10.2 Å². The van der Waals surface area contributed by atoms with E-state index >= 15 is 0 Å². The molecule has 1 heterocycles. The first-order valence-corrected chi connectivity index (χ1v) is 10.5. The van der Waals surface area contributed by atoms with E-state index in [1.807, 2.05) is 22.8 Å². The van der Waals surface area contributed by atoms with Crippen molar-refractivity contribution in [2.24, 2.45) is 0 Å². The fraction of sp³-hybridized carbons (Fsp3) is 0.286. The van der Waals surface area contributed by atoms with Crippen molar-refractivity contribution in [1.82, 2.24) is 14.8 Å². The van der Waals surface area contributed by atoms with Gasteiger partial charge in [-0.25, -0.2) is 8.78 Å². The zero-order chi connectivity index (χ0) is 21.7. The number of methoxy groups -OCH3 is 1. The zero-order valence-electron chi connectivity index (χ0n) is 16.4. The Morgan fingerprint density at radius 3 is 2.67 bits per heavy atom. The predicted molar refractivity (Wildman–Crippen MR) is 113 cm³/mol. The maximum Gasteiger partial charge on any atom is 0.192 e. The number of ketones is 1. The van der Waals surface area contributed by atoms with Crippen molar-refractivity contribution in [1.29, 1.82) is 0 Å². The van der Waals surface area contributed by atoms with Gasteiger partial charge in [0.15, 0.2) is 28.4 Å². The van der Waals surface area contributed by atoms with E-state index in [9.17, 15) is 13.6 Å². The first kappa shape index (κ1) is 22.4. The largest absolute Gasteiger partial charge is 0.385 e. The normalized spacial score (nSPS) is 12.2. The molecule has 0 saturated heterocycles. The quantitative estimate of drug-likeness (QED) is 0.252. The summed E-state index contributed by atoms with van der Waals surface area (Å²) in [6, 6.07) is 10.4. The van der Waals surface area contributed by atoms with Crippen LogP contribution in [0.1, 0.15) is 23.7 Å². The molecule has 0 aliphatic rings. The highest BCUT2D eigenvalue weighted by Crippen LogP contribution is 2.31. The Morgan fingerprint density at radius 2 is 1.97 bits per heavy atom. The summed E-state index contributed by atoms with van der Waals surface area (Å²) in [5.41, 5.74) is 0.834. The number of hydrogen-bond acceptors (Lipinski definition) is 5. The van der Waals surface area contributed by atoms with Gasteiger partial charge in [-0.3, -0.25) is 4.79 Å². The molecular weight excluding hydrogens is 432 g/mol. The molecule has 3 rings (SSSR count). The average molecular weight is 452 g/mol. The van der Waals surface area contributed by atoms with Crippen molar-refractivity contribution in [3.05, 3.63) is 64.7 Å². The fourth-order valence-corrected chi connectivity index (χ4v) is 4.05. The summed E-state index contributed by atoms with van der Waals surface area (Å²) >= 11 is 7.53. The number of ether oxygens (including phenoxy) is 1. The smallest absolute Gasteiger partial charge is 0.192 e. The van der Waals surface area contributed by atoms with E-state index < -0.39 is 16.9 Å². The molecule has 0 saturated carbocycles. The molecule has 0 aliphatic carbocycles. The SMILES string of the molecule is COCCCn1c(SC(C)C(=O)c2ccc(F)c(F)c2)nnc1-c1ccccc1Cl. The molecule has 1 atom stereocenters. The van der Waals surface area contributed by atoms with Crippen LogP contribution in [0.4, 0.5) is 8.78 Å². The first-order valence-electron chi connectivity index (χ1n) is 9.25. The Morgan fingerprint density at radius 1 is 1.20 bits per heavy atom. The number of carbonyl (C=O) groups is 1. The van der Waals surface area contributed by atoms with Crippen molar-refractivity contribution < 1.29 is 18.3 Å².